The average molecular weight is 619 g/mol. The first kappa shape index (κ1) is 25.5. The van der Waals surface area contributed by atoms with Crippen LogP contribution in [0.1, 0.15) is 36.1 Å². The molecule has 8 nitrogen and oxygen atoms in total. The molecule has 3 N–H and O–H groups in total. The fourth-order valence-corrected chi connectivity index (χ4v) is 9.13. The maximum Gasteiger partial charge on any atom is 0.261 e. The summed E-state index contributed by atoms with van der Waals surface area (Å²) in [4.78, 5) is 24.6. The van der Waals surface area contributed by atoms with Gasteiger partial charge >= 0.3 is 0 Å². The molecule has 190 valence electrons. The number of aryl methyl sites for hydroxylation is 1. The Morgan fingerprint density at radius 3 is 2.69 bits per heavy atom. The van der Waals surface area contributed by atoms with E-state index in [0.717, 1.165) is 20.4 Å². The number of carbonyl (C=O) groups is 1. The minimum Gasteiger partial charge on any atom is -0.432 e. The maximum atomic E-state index is 13.4. The van der Waals surface area contributed by atoms with Crippen LogP contribution >= 0.6 is 22.6 Å². The first-order valence-electron chi connectivity index (χ1n) is 12.2. The second kappa shape index (κ2) is 9.64. The summed E-state index contributed by atoms with van der Waals surface area (Å²) >= 11 is 2.25. The Labute approximate surface area is 225 Å². The van der Waals surface area contributed by atoms with Gasteiger partial charge in [0.05, 0.1) is 24.3 Å². The van der Waals surface area contributed by atoms with E-state index in [2.05, 4.69) is 38.2 Å². The minimum absolute atomic E-state index is 0.0613. The lowest BCUT2D eigenvalue weighted by Gasteiger charge is -2.32. The third kappa shape index (κ3) is 4.32. The lowest BCUT2D eigenvalue weighted by atomic mass is 9.82. The highest BCUT2D eigenvalue weighted by Crippen LogP contribution is 2.58. The van der Waals surface area contributed by atoms with E-state index in [1.165, 1.54) is 0 Å². The number of rotatable bonds is 7. The second-order valence-electron chi connectivity index (χ2n) is 10.3. The Morgan fingerprint density at radius 1 is 1.25 bits per heavy atom. The number of aromatic nitrogens is 3. The van der Waals surface area contributed by atoms with E-state index in [-0.39, 0.29) is 36.0 Å². The molecule has 1 spiro atoms. The number of hydrogen-bond donors (Lipinski definition) is 3. The summed E-state index contributed by atoms with van der Waals surface area (Å²) in [5.74, 6) is -0.588. The SMILES string of the molecule is C[C@@H]1[C@@H]([Si](C)(C)O)[C@H](CCn2cc(C(CO)c3ccccc3)nn2)O[C@@]12C(=O)Nc1ccc(I)cc12. The number of aliphatic hydroxyl groups is 1. The number of nitrogens with one attached hydrogen (secondary N) is 1. The number of hydrogen-bond acceptors (Lipinski definition) is 6. The summed E-state index contributed by atoms with van der Waals surface area (Å²) in [6, 6.07) is 15.7. The van der Waals surface area contributed by atoms with Gasteiger partial charge in [-0.2, -0.15) is 0 Å². The summed E-state index contributed by atoms with van der Waals surface area (Å²) in [6.45, 7) is 6.34. The normalized spacial score (nSPS) is 26.3. The molecule has 0 saturated carbocycles. The Morgan fingerprint density at radius 2 is 2.00 bits per heavy atom. The first-order valence-corrected chi connectivity index (χ1v) is 16.3. The van der Waals surface area contributed by atoms with Gasteiger partial charge in [-0.1, -0.05) is 42.5 Å². The molecule has 1 aromatic heterocycles. The van der Waals surface area contributed by atoms with Crippen molar-refractivity contribution in [2.75, 3.05) is 11.9 Å². The van der Waals surface area contributed by atoms with Crippen molar-refractivity contribution in [2.45, 2.75) is 56.1 Å². The van der Waals surface area contributed by atoms with Gasteiger partial charge in [0.1, 0.15) is 0 Å². The molecular weight excluding hydrogens is 587 g/mol. The number of aliphatic hydroxyl groups excluding tert-OH is 1. The molecule has 36 heavy (non-hydrogen) atoms. The lowest BCUT2D eigenvalue weighted by molar-refractivity contribution is -0.143. The highest BCUT2D eigenvalue weighted by molar-refractivity contribution is 14.1. The molecule has 3 heterocycles. The molecule has 3 aromatic rings. The fourth-order valence-electron chi connectivity index (χ4n) is 6.04. The van der Waals surface area contributed by atoms with Gasteiger partial charge in [-0.15, -0.1) is 5.10 Å². The third-order valence-electron chi connectivity index (χ3n) is 7.64. The zero-order chi connectivity index (χ0) is 25.7. The Balaban J connectivity index is 1.40. The summed E-state index contributed by atoms with van der Waals surface area (Å²) in [5, 5.41) is 21.6. The summed E-state index contributed by atoms with van der Waals surface area (Å²) < 4.78 is 9.47. The van der Waals surface area contributed by atoms with Crippen molar-refractivity contribution in [1.29, 1.82) is 0 Å². The van der Waals surface area contributed by atoms with Crippen molar-refractivity contribution in [1.82, 2.24) is 15.0 Å². The molecule has 0 radical (unpaired) electrons. The molecule has 10 heteroatoms. The molecule has 0 bridgehead atoms. The molecule has 5 rings (SSSR count). The number of nitrogens with zero attached hydrogens (tertiary/aromatic N) is 3. The maximum absolute atomic E-state index is 13.4. The summed E-state index contributed by atoms with van der Waals surface area (Å²) in [5.41, 5.74) is 2.07. The Bertz CT molecular complexity index is 1260. The monoisotopic (exact) mass is 618 g/mol. The van der Waals surface area contributed by atoms with Gasteiger partial charge in [0.25, 0.3) is 5.91 Å². The number of carbonyl (C=O) groups excluding carboxylic acids is 1. The third-order valence-corrected chi connectivity index (χ3v) is 10.8. The predicted molar refractivity (Wildman–Crippen MR) is 147 cm³/mol. The topological polar surface area (TPSA) is 110 Å². The van der Waals surface area contributed by atoms with Crippen molar-refractivity contribution in [3.63, 3.8) is 0 Å². The van der Waals surface area contributed by atoms with E-state index in [1.807, 2.05) is 74.7 Å². The number of benzene rings is 2. The van der Waals surface area contributed by atoms with Crippen molar-refractivity contribution in [3.8, 4) is 0 Å². The van der Waals surface area contributed by atoms with Gasteiger partial charge in [-0.3, -0.25) is 9.48 Å². The molecular formula is C26H31IN4O4Si. The number of amides is 1. The standard InChI is InChI=1S/C26H31IN4O4Si/c1-16-24(36(2,3)34)23(35-26(16)20-13-18(27)9-10-21(20)28-25(26)33)11-12-31-14-22(29-30-31)19(15-32)17-7-5-4-6-8-17/h4-10,13-14,16,19,23-24,32,34H,11-12,15H2,1-3H3,(H,28,33)/t16-,19?,23+,24-,26+/m1/s1. The molecule has 0 aliphatic carbocycles. The minimum atomic E-state index is -2.69. The van der Waals surface area contributed by atoms with Crippen LogP contribution in [-0.4, -0.2) is 51.8 Å². The average Bonchev–Trinajstić information content (AvgIpc) is 3.50. The van der Waals surface area contributed by atoms with Crippen LogP contribution in [0.3, 0.4) is 0 Å². The first-order chi connectivity index (χ1) is 17.1. The Kier molecular flexibility index (Phi) is 6.83. The van der Waals surface area contributed by atoms with E-state index < -0.39 is 13.9 Å². The molecule has 1 saturated heterocycles. The van der Waals surface area contributed by atoms with Crippen LogP contribution in [0.15, 0.2) is 54.7 Å². The molecule has 5 atom stereocenters. The van der Waals surface area contributed by atoms with Gasteiger partial charge in [0.15, 0.2) is 13.9 Å². The summed E-state index contributed by atoms with van der Waals surface area (Å²) in [6.07, 6.45) is 2.13. The quantitative estimate of drug-likeness (QED) is 0.274. The van der Waals surface area contributed by atoms with Crippen LogP contribution in [0.25, 0.3) is 0 Å². The smallest absolute Gasteiger partial charge is 0.261 e. The number of halogens is 1. The highest BCUT2D eigenvalue weighted by Gasteiger charge is 2.64. The van der Waals surface area contributed by atoms with Gasteiger partial charge in [-0.05, 0) is 65.9 Å². The van der Waals surface area contributed by atoms with E-state index in [4.69, 9.17) is 4.74 Å². The van der Waals surface area contributed by atoms with Crippen LogP contribution in [0, 0.1) is 9.49 Å². The van der Waals surface area contributed by atoms with Crippen LogP contribution < -0.4 is 5.32 Å². The molecule has 2 aliphatic rings. The highest BCUT2D eigenvalue weighted by atomic mass is 127. The van der Waals surface area contributed by atoms with Crippen molar-refractivity contribution in [3.05, 3.63) is 75.1 Å². The van der Waals surface area contributed by atoms with Crippen molar-refractivity contribution < 1.29 is 19.4 Å². The van der Waals surface area contributed by atoms with Crippen LogP contribution in [0.5, 0.6) is 0 Å². The number of anilines is 1. The van der Waals surface area contributed by atoms with Crippen LogP contribution in [-0.2, 0) is 21.7 Å². The molecule has 2 aromatic carbocycles. The predicted octanol–water partition coefficient (Wildman–Crippen LogP) is 3.85. The van der Waals surface area contributed by atoms with E-state index in [0.29, 0.717) is 18.7 Å². The van der Waals surface area contributed by atoms with Crippen LogP contribution in [0.2, 0.25) is 18.6 Å². The van der Waals surface area contributed by atoms with E-state index >= 15 is 0 Å². The van der Waals surface area contributed by atoms with Gasteiger partial charge < -0.3 is 20.0 Å². The van der Waals surface area contributed by atoms with E-state index in [9.17, 15) is 14.7 Å². The lowest BCUT2D eigenvalue weighted by Crippen LogP contribution is -2.43. The zero-order valence-corrected chi connectivity index (χ0v) is 23.7. The molecule has 1 amide bonds. The number of fused-ring (bicyclic) bond motifs is 2. The second-order valence-corrected chi connectivity index (χ2v) is 15.6. The van der Waals surface area contributed by atoms with Crippen LogP contribution in [0.4, 0.5) is 5.69 Å². The van der Waals surface area contributed by atoms with Crippen molar-refractivity contribution >= 4 is 42.5 Å². The summed E-state index contributed by atoms with van der Waals surface area (Å²) in [7, 11) is -2.69. The van der Waals surface area contributed by atoms with E-state index in [1.54, 1.807) is 4.68 Å². The Hall–Kier alpha value is -2.12. The molecule has 1 fully saturated rings. The molecule has 2 aliphatic heterocycles. The number of ether oxygens (including phenoxy) is 1. The molecule has 1 unspecified atom stereocenters. The largest absolute Gasteiger partial charge is 0.432 e. The van der Waals surface area contributed by atoms with Crippen molar-refractivity contribution in [2.24, 2.45) is 5.92 Å². The fraction of sp³-hybridized carbons (Fsp3) is 0.423. The van der Waals surface area contributed by atoms with Gasteiger partial charge in [0, 0.05) is 39.0 Å². The zero-order valence-electron chi connectivity index (χ0n) is 20.6. The van der Waals surface area contributed by atoms with Gasteiger partial charge in [-0.25, -0.2) is 0 Å². The van der Waals surface area contributed by atoms with Gasteiger partial charge in [0.2, 0.25) is 0 Å².